The van der Waals surface area contributed by atoms with Crippen molar-refractivity contribution in [3.8, 4) is 78.4 Å². The molecule has 0 fully saturated rings. The van der Waals surface area contributed by atoms with Crippen LogP contribution in [0, 0.1) is 0 Å². The fourth-order valence-corrected chi connectivity index (χ4v) is 14.4. The normalized spacial score (nSPS) is 12.3. The monoisotopic (exact) mass is 1150 g/mol. The number of hydrogen-bond donors (Lipinski definition) is 0. The quantitative estimate of drug-likeness (QED) is 0.106. The maximum absolute atomic E-state index is 5.66. The van der Waals surface area contributed by atoms with Crippen LogP contribution in [0.3, 0.4) is 0 Å². The summed E-state index contributed by atoms with van der Waals surface area (Å²) in [4.78, 5) is 16.2. The van der Waals surface area contributed by atoms with Crippen molar-refractivity contribution in [2.24, 2.45) is 0 Å². The first-order valence-electron chi connectivity index (χ1n) is 31.3. The molecule has 0 amide bonds. The van der Waals surface area contributed by atoms with Gasteiger partial charge in [-0.2, -0.15) is 0 Å². The number of rotatable bonds is 9. The average Bonchev–Trinajstić information content (AvgIpc) is 0.736. The molecule has 16 aromatic rings. The molecule has 1 aromatic heterocycles. The van der Waals surface area contributed by atoms with Crippen molar-refractivity contribution >= 4 is 100 Å². The summed E-state index contributed by atoms with van der Waals surface area (Å²) in [7, 11) is 0. The van der Waals surface area contributed by atoms with Gasteiger partial charge in [0.15, 0.2) is 5.82 Å². The highest BCUT2D eigenvalue weighted by atomic mass is 15.2. The smallest absolute Gasteiger partial charge is 0.252 e. The molecule has 0 unspecified atom stereocenters. The van der Waals surface area contributed by atoms with Gasteiger partial charge in [0.2, 0.25) is 0 Å². The van der Waals surface area contributed by atoms with Gasteiger partial charge in [-0.1, -0.05) is 267 Å². The van der Waals surface area contributed by atoms with Gasteiger partial charge in [0.1, 0.15) is 0 Å². The van der Waals surface area contributed by atoms with Gasteiger partial charge in [0.25, 0.3) is 6.71 Å². The van der Waals surface area contributed by atoms with Crippen LogP contribution in [0.25, 0.3) is 122 Å². The molecule has 91 heavy (non-hydrogen) atoms. The standard InChI is InChI=1S/C86H55BN4/c1-7-23-56(24-8-1)66-43-67(57-25-9-2-10-26-57)46-71(45-66)90-81-53-75-64(41-39-60-31-19-21-37-73(60)75)49-77(81)87-78-50-65-42-40-61-32-20-22-38-74(61)76(65)54-82(78)91(72-47-68(58-27-11-3-12-28-58)44-69(48-72)59-29-13-4-14-30-59)84-52-70(51-83(90)85(84)87)80-55-79(62-33-15-5-16-34-62)88-86(89-80)63-35-17-6-18-36-63/h1-55H. The Morgan fingerprint density at radius 1 is 0.220 bits per heavy atom. The molecule has 2 aliphatic rings. The summed E-state index contributed by atoms with van der Waals surface area (Å²) in [5, 5.41) is 9.65. The molecule has 0 saturated carbocycles. The summed E-state index contributed by atoms with van der Waals surface area (Å²) in [5.41, 5.74) is 23.9. The predicted octanol–water partition coefficient (Wildman–Crippen LogP) is 20.8. The summed E-state index contributed by atoms with van der Waals surface area (Å²) in [6, 6.07) is 123. The van der Waals surface area contributed by atoms with Crippen molar-refractivity contribution in [3.63, 3.8) is 0 Å². The molecule has 0 saturated heterocycles. The maximum Gasteiger partial charge on any atom is 0.252 e. The topological polar surface area (TPSA) is 32.3 Å². The van der Waals surface area contributed by atoms with Gasteiger partial charge >= 0.3 is 0 Å². The van der Waals surface area contributed by atoms with Crippen molar-refractivity contribution < 1.29 is 0 Å². The molecule has 18 rings (SSSR count). The van der Waals surface area contributed by atoms with E-state index in [4.69, 9.17) is 9.97 Å². The molecular weight excluding hydrogens is 1100 g/mol. The van der Waals surface area contributed by atoms with Gasteiger partial charge in [-0.25, -0.2) is 9.97 Å². The summed E-state index contributed by atoms with van der Waals surface area (Å²) in [6.07, 6.45) is 0. The molecule has 3 heterocycles. The van der Waals surface area contributed by atoms with E-state index in [2.05, 4.69) is 343 Å². The first kappa shape index (κ1) is 52.2. The van der Waals surface area contributed by atoms with Crippen molar-refractivity contribution in [2.45, 2.75) is 0 Å². The Morgan fingerprint density at radius 3 is 0.967 bits per heavy atom. The molecule has 0 aliphatic carbocycles. The molecule has 0 bridgehead atoms. The van der Waals surface area contributed by atoms with Crippen molar-refractivity contribution in [2.75, 3.05) is 9.80 Å². The fraction of sp³-hybridized carbons (Fsp3) is 0. The maximum atomic E-state index is 5.66. The third-order valence-corrected chi connectivity index (χ3v) is 18.7. The van der Waals surface area contributed by atoms with Crippen molar-refractivity contribution in [3.05, 3.63) is 334 Å². The second-order valence-corrected chi connectivity index (χ2v) is 24.1. The predicted molar refractivity (Wildman–Crippen MR) is 384 cm³/mol. The number of anilines is 6. The van der Waals surface area contributed by atoms with Gasteiger partial charge in [0.05, 0.1) is 11.4 Å². The lowest BCUT2D eigenvalue weighted by molar-refractivity contribution is 1.18. The van der Waals surface area contributed by atoms with Gasteiger partial charge in [-0.05, 0) is 171 Å². The van der Waals surface area contributed by atoms with E-state index in [0.29, 0.717) is 5.82 Å². The Bertz CT molecular complexity index is 5080. The minimum atomic E-state index is -0.217. The number of aromatic nitrogens is 2. The van der Waals surface area contributed by atoms with E-state index in [0.717, 1.165) is 107 Å². The highest BCUT2D eigenvalue weighted by Gasteiger charge is 2.45. The zero-order valence-electron chi connectivity index (χ0n) is 49.6. The van der Waals surface area contributed by atoms with Crippen LogP contribution in [0.2, 0.25) is 0 Å². The Labute approximate surface area is 529 Å². The van der Waals surface area contributed by atoms with Crippen LogP contribution in [0.1, 0.15) is 0 Å². The lowest BCUT2D eigenvalue weighted by Gasteiger charge is -2.45. The van der Waals surface area contributed by atoms with Crippen LogP contribution in [0.15, 0.2) is 334 Å². The van der Waals surface area contributed by atoms with Crippen molar-refractivity contribution in [1.29, 1.82) is 0 Å². The first-order chi connectivity index (χ1) is 45.1. The van der Waals surface area contributed by atoms with Crippen LogP contribution >= 0.6 is 0 Å². The number of hydrogen-bond acceptors (Lipinski definition) is 4. The van der Waals surface area contributed by atoms with Crippen LogP contribution in [-0.2, 0) is 0 Å². The molecule has 5 heteroatoms. The molecule has 0 N–H and O–H groups in total. The van der Waals surface area contributed by atoms with Gasteiger partial charge in [0, 0.05) is 50.8 Å². The van der Waals surface area contributed by atoms with E-state index in [1.807, 2.05) is 0 Å². The molecule has 0 radical (unpaired) electrons. The van der Waals surface area contributed by atoms with Gasteiger partial charge < -0.3 is 9.80 Å². The number of benzene rings is 15. The lowest BCUT2D eigenvalue weighted by atomic mass is 9.33. The highest BCUT2D eigenvalue weighted by molar-refractivity contribution is 7.00. The molecule has 422 valence electrons. The van der Waals surface area contributed by atoms with E-state index in [-0.39, 0.29) is 6.71 Å². The Kier molecular flexibility index (Phi) is 12.3. The molecular formula is C86H55BN4. The van der Waals surface area contributed by atoms with E-state index in [1.165, 1.54) is 59.5 Å². The molecule has 0 atom stereocenters. The molecule has 4 nitrogen and oxygen atoms in total. The van der Waals surface area contributed by atoms with E-state index < -0.39 is 0 Å². The Morgan fingerprint density at radius 2 is 0.560 bits per heavy atom. The van der Waals surface area contributed by atoms with Gasteiger partial charge in [-0.15, -0.1) is 0 Å². The summed E-state index contributed by atoms with van der Waals surface area (Å²) < 4.78 is 0. The second-order valence-electron chi connectivity index (χ2n) is 24.1. The number of fused-ring (bicyclic) bond motifs is 10. The van der Waals surface area contributed by atoms with E-state index in [1.54, 1.807) is 0 Å². The first-order valence-corrected chi connectivity index (χ1v) is 31.3. The van der Waals surface area contributed by atoms with Crippen LogP contribution < -0.4 is 26.2 Å². The zero-order chi connectivity index (χ0) is 59.9. The largest absolute Gasteiger partial charge is 0.311 e. The SMILES string of the molecule is c1ccc(-c2cc(-c3ccccc3)cc(N3c4cc5c(ccc6ccccc65)cc4B4c5cc6ccc7ccccc7c6cc5N(c5cc(-c6ccccc6)cc(-c6ccccc6)c5)c5cc(-c6cc(-c7ccccc7)nc(-c7ccccc7)n6)cc3c54)c2)cc1. The zero-order valence-corrected chi connectivity index (χ0v) is 49.6. The van der Waals surface area contributed by atoms with Gasteiger partial charge in [-0.3, -0.25) is 0 Å². The van der Waals surface area contributed by atoms with E-state index >= 15 is 0 Å². The van der Waals surface area contributed by atoms with Crippen LogP contribution in [0.4, 0.5) is 34.1 Å². The Hall–Kier alpha value is -11.9. The third-order valence-electron chi connectivity index (χ3n) is 18.7. The third kappa shape index (κ3) is 9.00. The number of nitrogens with zero attached hydrogens (tertiary/aromatic N) is 4. The summed E-state index contributed by atoms with van der Waals surface area (Å²) >= 11 is 0. The van der Waals surface area contributed by atoms with Crippen molar-refractivity contribution in [1.82, 2.24) is 9.97 Å². The molecule has 15 aromatic carbocycles. The fourth-order valence-electron chi connectivity index (χ4n) is 14.4. The second kappa shape index (κ2) is 21.4. The Balaban J connectivity index is 1.02. The van der Waals surface area contributed by atoms with E-state index in [9.17, 15) is 0 Å². The van der Waals surface area contributed by atoms with Crippen LogP contribution in [0.5, 0.6) is 0 Å². The van der Waals surface area contributed by atoms with Crippen LogP contribution in [-0.4, -0.2) is 16.7 Å². The lowest BCUT2D eigenvalue weighted by Crippen LogP contribution is -2.61. The average molecular weight is 1160 g/mol. The highest BCUT2D eigenvalue weighted by Crippen LogP contribution is 2.50. The summed E-state index contributed by atoms with van der Waals surface area (Å²) in [6.45, 7) is -0.217. The minimum Gasteiger partial charge on any atom is -0.311 e. The minimum absolute atomic E-state index is 0.217. The summed E-state index contributed by atoms with van der Waals surface area (Å²) in [5.74, 6) is 0.661. The molecule has 2 aliphatic heterocycles. The molecule has 0 spiro atoms.